The Labute approximate surface area is 311 Å². The van der Waals surface area contributed by atoms with E-state index in [0.717, 1.165) is 22.6 Å². The van der Waals surface area contributed by atoms with Gasteiger partial charge >= 0.3 is 0 Å². The first-order valence-corrected chi connectivity index (χ1v) is 18.2. The molecule has 0 fully saturated rings. The first kappa shape index (κ1) is 32.0. The topological polar surface area (TPSA) is 3.24 Å². The van der Waals surface area contributed by atoms with Crippen molar-refractivity contribution in [3.05, 3.63) is 224 Å². The van der Waals surface area contributed by atoms with Gasteiger partial charge in [-0.05, 0) is 79.5 Å². The van der Waals surface area contributed by atoms with E-state index in [1.807, 2.05) is 0 Å². The van der Waals surface area contributed by atoms with Gasteiger partial charge in [0.05, 0.1) is 11.4 Å². The van der Waals surface area contributed by atoms with Crippen LogP contribution in [-0.2, 0) is 0 Å². The van der Waals surface area contributed by atoms with Crippen LogP contribution in [0.1, 0.15) is 0 Å². The van der Waals surface area contributed by atoms with Crippen LogP contribution in [0.4, 0.5) is 17.1 Å². The molecule has 1 heteroatoms. The predicted octanol–water partition coefficient (Wildman–Crippen LogP) is 14.6. The molecule has 0 saturated carbocycles. The lowest BCUT2D eigenvalue weighted by Gasteiger charge is -2.30. The Morgan fingerprint density at radius 2 is 0.604 bits per heavy atom. The van der Waals surface area contributed by atoms with E-state index in [0.29, 0.717) is 0 Å². The summed E-state index contributed by atoms with van der Waals surface area (Å²) in [6.45, 7) is 0. The number of hydrogen-bond donors (Lipinski definition) is 0. The van der Waals surface area contributed by atoms with Crippen LogP contribution in [0.2, 0.25) is 0 Å². The minimum Gasteiger partial charge on any atom is -0.309 e. The summed E-state index contributed by atoms with van der Waals surface area (Å²) in [7, 11) is 0. The van der Waals surface area contributed by atoms with E-state index in [9.17, 15) is 0 Å². The highest BCUT2D eigenvalue weighted by Crippen LogP contribution is 2.47. The van der Waals surface area contributed by atoms with E-state index in [4.69, 9.17) is 0 Å². The van der Waals surface area contributed by atoms with Gasteiger partial charge in [0.2, 0.25) is 0 Å². The lowest BCUT2D eigenvalue weighted by molar-refractivity contribution is 1.28. The number of anilines is 3. The maximum atomic E-state index is 2.44. The van der Waals surface area contributed by atoms with Gasteiger partial charge in [0, 0.05) is 16.8 Å². The zero-order chi connectivity index (χ0) is 35.4. The van der Waals surface area contributed by atoms with E-state index in [1.54, 1.807) is 0 Å². The lowest BCUT2D eigenvalue weighted by Crippen LogP contribution is -2.12. The number of rotatable bonds is 8. The fourth-order valence-corrected chi connectivity index (χ4v) is 7.55. The second-order valence-corrected chi connectivity index (χ2v) is 13.3. The third kappa shape index (κ3) is 6.30. The SMILES string of the molecule is c1ccc(-c2ccc(-c3ccccc3N(c3ccc(-c4ccccc4)cc3)c3ccccc3-c3cccc4cccc(-c5ccccc5)c34)cc2)cc1. The van der Waals surface area contributed by atoms with Crippen molar-refractivity contribution in [2.24, 2.45) is 0 Å². The monoisotopic (exact) mass is 675 g/mol. The number of hydrogen-bond acceptors (Lipinski definition) is 1. The van der Waals surface area contributed by atoms with E-state index in [2.05, 4.69) is 229 Å². The Bertz CT molecular complexity index is 2620. The van der Waals surface area contributed by atoms with Crippen LogP contribution in [0.25, 0.3) is 66.4 Å². The molecule has 0 aliphatic carbocycles. The molecular formula is C52H37N. The van der Waals surface area contributed by atoms with Crippen molar-refractivity contribution >= 4 is 27.8 Å². The number of fused-ring (bicyclic) bond motifs is 1. The van der Waals surface area contributed by atoms with Gasteiger partial charge in [0.25, 0.3) is 0 Å². The van der Waals surface area contributed by atoms with Crippen molar-refractivity contribution in [3.63, 3.8) is 0 Å². The summed E-state index contributed by atoms with van der Waals surface area (Å²) in [5.41, 5.74) is 15.3. The summed E-state index contributed by atoms with van der Waals surface area (Å²) in [4.78, 5) is 2.44. The maximum absolute atomic E-state index is 2.44. The van der Waals surface area contributed by atoms with Gasteiger partial charge < -0.3 is 4.90 Å². The maximum Gasteiger partial charge on any atom is 0.0540 e. The Morgan fingerprint density at radius 1 is 0.226 bits per heavy atom. The molecule has 1 nitrogen and oxygen atoms in total. The third-order valence-corrected chi connectivity index (χ3v) is 10.1. The standard InChI is InChI=1S/C52H37N/c1-4-16-38(17-5-1)40-30-32-43(33-31-40)46-24-10-12-28-50(46)53(45-36-34-41(35-37-45)39-18-6-2-7-19-39)51-29-13-11-25-48(51)49-27-15-23-44-22-14-26-47(52(44)49)42-20-8-3-9-21-42/h1-37H. The molecule has 0 spiro atoms. The molecule has 53 heavy (non-hydrogen) atoms. The summed E-state index contributed by atoms with van der Waals surface area (Å²) in [6.07, 6.45) is 0. The molecule has 0 amide bonds. The van der Waals surface area contributed by atoms with E-state index < -0.39 is 0 Å². The zero-order valence-electron chi connectivity index (χ0n) is 29.3. The molecule has 0 heterocycles. The molecule has 0 aromatic heterocycles. The van der Waals surface area contributed by atoms with Crippen molar-refractivity contribution in [1.82, 2.24) is 0 Å². The van der Waals surface area contributed by atoms with Crippen LogP contribution in [0.5, 0.6) is 0 Å². The first-order valence-electron chi connectivity index (χ1n) is 18.2. The van der Waals surface area contributed by atoms with Crippen LogP contribution in [-0.4, -0.2) is 0 Å². The van der Waals surface area contributed by atoms with Crippen LogP contribution in [0, 0.1) is 0 Å². The van der Waals surface area contributed by atoms with Crippen molar-refractivity contribution in [2.45, 2.75) is 0 Å². The number of para-hydroxylation sites is 2. The summed E-state index contributed by atoms with van der Waals surface area (Å²) in [6, 6.07) is 80.8. The molecule has 0 N–H and O–H groups in total. The minimum atomic E-state index is 1.09. The Morgan fingerprint density at radius 3 is 1.19 bits per heavy atom. The van der Waals surface area contributed by atoms with Gasteiger partial charge in [0.1, 0.15) is 0 Å². The molecule has 0 unspecified atom stereocenters. The van der Waals surface area contributed by atoms with Crippen molar-refractivity contribution < 1.29 is 0 Å². The zero-order valence-corrected chi connectivity index (χ0v) is 29.3. The van der Waals surface area contributed by atoms with E-state index in [1.165, 1.54) is 60.8 Å². The lowest BCUT2D eigenvalue weighted by atomic mass is 9.90. The van der Waals surface area contributed by atoms with E-state index >= 15 is 0 Å². The molecule has 0 radical (unpaired) electrons. The van der Waals surface area contributed by atoms with Crippen molar-refractivity contribution in [1.29, 1.82) is 0 Å². The molecule has 9 aromatic carbocycles. The van der Waals surface area contributed by atoms with Gasteiger partial charge in [-0.25, -0.2) is 0 Å². The Hall–Kier alpha value is -6.96. The molecule has 0 atom stereocenters. The van der Waals surface area contributed by atoms with Crippen LogP contribution in [0.3, 0.4) is 0 Å². The summed E-state index contributed by atoms with van der Waals surface area (Å²) in [5, 5.41) is 2.47. The van der Waals surface area contributed by atoms with Crippen LogP contribution >= 0.6 is 0 Å². The average Bonchev–Trinajstić information content (AvgIpc) is 3.25. The summed E-state index contributed by atoms with van der Waals surface area (Å²) < 4.78 is 0. The van der Waals surface area contributed by atoms with E-state index in [-0.39, 0.29) is 0 Å². The molecule has 9 aromatic rings. The number of nitrogens with zero attached hydrogens (tertiary/aromatic N) is 1. The number of benzene rings is 9. The van der Waals surface area contributed by atoms with Gasteiger partial charge in [-0.3, -0.25) is 0 Å². The van der Waals surface area contributed by atoms with Crippen molar-refractivity contribution in [2.75, 3.05) is 4.90 Å². The highest BCUT2D eigenvalue weighted by Gasteiger charge is 2.22. The Kier molecular flexibility index (Phi) is 8.66. The molecule has 0 saturated heterocycles. The van der Waals surface area contributed by atoms with Crippen LogP contribution in [0.15, 0.2) is 224 Å². The fourth-order valence-electron chi connectivity index (χ4n) is 7.55. The smallest absolute Gasteiger partial charge is 0.0540 e. The molecule has 9 rings (SSSR count). The molecule has 0 aliphatic rings. The highest BCUT2D eigenvalue weighted by molar-refractivity contribution is 6.09. The predicted molar refractivity (Wildman–Crippen MR) is 226 cm³/mol. The molecule has 0 bridgehead atoms. The Balaban J connectivity index is 1.25. The third-order valence-electron chi connectivity index (χ3n) is 10.1. The largest absolute Gasteiger partial charge is 0.309 e. The molecule has 0 aliphatic heterocycles. The average molecular weight is 676 g/mol. The summed E-state index contributed by atoms with van der Waals surface area (Å²) in [5.74, 6) is 0. The molecular weight excluding hydrogens is 639 g/mol. The minimum absolute atomic E-state index is 1.09. The first-order chi connectivity index (χ1) is 26.3. The second kappa shape index (κ2) is 14.3. The van der Waals surface area contributed by atoms with Crippen molar-refractivity contribution in [3.8, 4) is 55.6 Å². The van der Waals surface area contributed by atoms with Gasteiger partial charge in [-0.2, -0.15) is 0 Å². The van der Waals surface area contributed by atoms with Gasteiger partial charge in [0.15, 0.2) is 0 Å². The highest BCUT2D eigenvalue weighted by atomic mass is 15.1. The van der Waals surface area contributed by atoms with Crippen LogP contribution < -0.4 is 4.90 Å². The quantitative estimate of drug-likeness (QED) is 0.155. The second-order valence-electron chi connectivity index (χ2n) is 13.3. The normalized spacial score (nSPS) is 11.0. The van der Waals surface area contributed by atoms with Gasteiger partial charge in [-0.1, -0.05) is 200 Å². The summed E-state index contributed by atoms with van der Waals surface area (Å²) >= 11 is 0. The van der Waals surface area contributed by atoms with Gasteiger partial charge in [-0.15, -0.1) is 0 Å². The molecule has 250 valence electrons. The fraction of sp³-hybridized carbons (Fsp3) is 0.